The highest BCUT2D eigenvalue weighted by molar-refractivity contribution is 6.37. The van der Waals surface area contributed by atoms with E-state index in [1.54, 1.807) is 6.07 Å². The summed E-state index contributed by atoms with van der Waals surface area (Å²) in [5, 5.41) is 11.6. The van der Waals surface area contributed by atoms with Crippen LogP contribution >= 0.6 is 11.6 Å². The Balaban J connectivity index is 2.56. The molecule has 0 heterocycles. The molecular weight excluding hydrogens is 224 g/mol. The highest BCUT2D eigenvalue weighted by Crippen LogP contribution is 2.39. The van der Waals surface area contributed by atoms with Crippen molar-refractivity contribution >= 4 is 28.2 Å². The average molecular weight is 233 g/mol. The Morgan fingerprint density at radius 3 is 2.88 bits per heavy atom. The molecule has 3 heteroatoms. The Hall–Kier alpha value is -1.54. The van der Waals surface area contributed by atoms with E-state index in [9.17, 15) is 9.90 Å². The Morgan fingerprint density at radius 1 is 1.25 bits per heavy atom. The molecule has 2 aromatic rings. The average Bonchev–Trinajstić information content (AvgIpc) is 2.28. The maximum Gasteiger partial charge on any atom is 0.165 e. The number of halogens is 1. The van der Waals surface area contributed by atoms with E-state index in [0.29, 0.717) is 12.0 Å². The lowest BCUT2D eigenvalue weighted by atomic mass is 9.87. The number of aryl methyl sites for hydroxylation is 1. The second kappa shape index (κ2) is 3.22. The van der Waals surface area contributed by atoms with Crippen molar-refractivity contribution in [2.45, 2.75) is 12.8 Å². The van der Waals surface area contributed by atoms with Crippen molar-refractivity contribution in [3.05, 3.63) is 40.4 Å². The zero-order chi connectivity index (χ0) is 11.3. The summed E-state index contributed by atoms with van der Waals surface area (Å²) in [7, 11) is 0. The molecule has 0 bridgehead atoms. The molecule has 1 aliphatic rings. The van der Waals surface area contributed by atoms with Gasteiger partial charge in [0.15, 0.2) is 5.78 Å². The van der Waals surface area contributed by atoms with Gasteiger partial charge in [-0.05, 0) is 28.8 Å². The van der Waals surface area contributed by atoms with E-state index in [2.05, 4.69) is 0 Å². The first kappa shape index (κ1) is 9.67. The Morgan fingerprint density at radius 2 is 2.06 bits per heavy atom. The number of rotatable bonds is 0. The molecule has 3 rings (SSSR count). The number of phenolic OH excluding ortho intramolecular Hbond substituents is 1. The minimum absolute atomic E-state index is 0.0171. The summed E-state index contributed by atoms with van der Waals surface area (Å²) in [5.74, 6) is 0.00108. The Bertz CT molecular complexity index is 617. The summed E-state index contributed by atoms with van der Waals surface area (Å²) in [6.45, 7) is 0. The lowest BCUT2D eigenvalue weighted by molar-refractivity contribution is 0.0981. The van der Waals surface area contributed by atoms with Gasteiger partial charge in [-0.1, -0.05) is 29.8 Å². The number of phenols is 1. The molecule has 0 atom stereocenters. The first-order valence-electron chi connectivity index (χ1n) is 5.15. The van der Waals surface area contributed by atoms with E-state index in [1.165, 1.54) is 0 Å². The molecule has 0 aromatic heterocycles. The van der Waals surface area contributed by atoms with Gasteiger partial charge in [0.1, 0.15) is 5.75 Å². The van der Waals surface area contributed by atoms with E-state index in [1.807, 2.05) is 18.2 Å². The van der Waals surface area contributed by atoms with Crippen LogP contribution in [0, 0.1) is 0 Å². The first-order chi connectivity index (χ1) is 7.68. The molecule has 1 aliphatic carbocycles. The third-order valence-corrected chi connectivity index (χ3v) is 3.45. The molecule has 0 radical (unpaired) electrons. The van der Waals surface area contributed by atoms with Crippen LogP contribution in [0.15, 0.2) is 24.3 Å². The van der Waals surface area contributed by atoms with Gasteiger partial charge in [-0.15, -0.1) is 0 Å². The van der Waals surface area contributed by atoms with Crippen molar-refractivity contribution in [2.24, 2.45) is 0 Å². The van der Waals surface area contributed by atoms with Gasteiger partial charge in [0.2, 0.25) is 0 Å². The van der Waals surface area contributed by atoms with Crippen molar-refractivity contribution in [2.75, 3.05) is 0 Å². The maximum absolute atomic E-state index is 11.8. The molecule has 0 saturated heterocycles. The number of carbonyl (C=O) groups is 1. The van der Waals surface area contributed by atoms with Gasteiger partial charge >= 0.3 is 0 Å². The van der Waals surface area contributed by atoms with E-state index in [0.717, 1.165) is 22.8 Å². The number of hydrogen-bond acceptors (Lipinski definition) is 2. The molecule has 0 fully saturated rings. The lowest BCUT2D eigenvalue weighted by Gasteiger charge is -2.17. The number of ketones is 1. The second-order valence-electron chi connectivity index (χ2n) is 4.02. The Kier molecular flexibility index (Phi) is 1.95. The number of aromatic hydroxyl groups is 1. The summed E-state index contributed by atoms with van der Waals surface area (Å²) in [6, 6.07) is 7.44. The molecule has 80 valence electrons. The van der Waals surface area contributed by atoms with Gasteiger partial charge in [0, 0.05) is 12.0 Å². The molecule has 2 nitrogen and oxygen atoms in total. The van der Waals surface area contributed by atoms with Crippen molar-refractivity contribution < 1.29 is 9.90 Å². The maximum atomic E-state index is 11.8. The zero-order valence-corrected chi connectivity index (χ0v) is 9.21. The van der Waals surface area contributed by atoms with E-state index in [-0.39, 0.29) is 16.6 Å². The summed E-state index contributed by atoms with van der Waals surface area (Å²) < 4.78 is 0. The molecule has 16 heavy (non-hydrogen) atoms. The van der Waals surface area contributed by atoms with E-state index in [4.69, 9.17) is 11.6 Å². The number of Topliss-reactive ketones (excluding diaryl/α,β-unsaturated/α-hetero) is 1. The largest absolute Gasteiger partial charge is 0.506 e. The topological polar surface area (TPSA) is 37.3 Å². The molecular formula is C13H9ClO2. The SMILES string of the molecule is O=C1CCc2cccc3cc(O)c(Cl)c1c23. The van der Waals surface area contributed by atoms with Crippen molar-refractivity contribution in [1.29, 1.82) is 0 Å². The summed E-state index contributed by atoms with van der Waals surface area (Å²) in [6.07, 6.45) is 1.22. The predicted octanol–water partition coefficient (Wildman–Crippen LogP) is 3.33. The van der Waals surface area contributed by atoms with E-state index < -0.39 is 0 Å². The second-order valence-corrected chi connectivity index (χ2v) is 4.40. The third-order valence-electron chi connectivity index (χ3n) is 3.07. The van der Waals surface area contributed by atoms with Gasteiger partial charge < -0.3 is 5.11 Å². The molecule has 0 spiro atoms. The zero-order valence-electron chi connectivity index (χ0n) is 8.46. The van der Waals surface area contributed by atoms with Crippen molar-refractivity contribution in [3.8, 4) is 5.75 Å². The molecule has 0 saturated carbocycles. The van der Waals surface area contributed by atoms with Crippen LogP contribution in [0.2, 0.25) is 5.02 Å². The minimum atomic E-state index is -0.0171. The van der Waals surface area contributed by atoms with Gasteiger partial charge in [-0.25, -0.2) is 0 Å². The van der Waals surface area contributed by atoms with Crippen molar-refractivity contribution in [3.63, 3.8) is 0 Å². The molecule has 0 amide bonds. The summed E-state index contributed by atoms with van der Waals surface area (Å²) in [4.78, 5) is 11.8. The molecule has 0 aliphatic heterocycles. The molecule has 2 aromatic carbocycles. The van der Waals surface area contributed by atoms with Gasteiger partial charge in [0.25, 0.3) is 0 Å². The van der Waals surface area contributed by atoms with Gasteiger partial charge in [-0.2, -0.15) is 0 Å². The fraction of sp³-hybridized carbons (Fsp3) is 0.154. The van der Waals surface area contributed by atoms with Crippen LogP contribution < -0.4 is 0 Å². The number of benzene rings is 2. The highest BCUT2D eigenvalue weighted by Gasteiger charge is 2.23. The summed E-state index contributed by atoms with van der Waals surface area (Å²) in [5.41, 5.74) is 1.62. The quantitative estimate of drug-likeness (QED) is 0.757. The minimum Gasteiger partial charge on any atom is -0.506 e. The normalized spacial score (nSPS) is 14.4. The number of carbonyl (C=O) groups excluding carboxylic acids is 1. The van der Waals surface area contributed by atoms with Crippen LogP contribution in [0.25, 0.3) is 10.8 Å². The van der Waals surface area contributed by atoms with Crippen molar-refractivity contribution in [1.82, 2.24) is 0 Å². The van der Waals surface area contributed by atoms with Gasteiger partial charge in [-0.3, -0.25) is 4.79 Å². The lowest BCUT2D eigenvalue weighted by Crippen LogP contribution is -2.10. The van der Waals surface area contributed by atoms with Crippen LogP contribution in [0.1, 0.15) is 22.3 Å². The number of hydrogen-bond donors (Lipinski definition) is 1. The van der Waals surface area contributed by atoms with Crippen LogP contribution in [0.4, 0.5) is 0 Å². The fourth-order valence-corrected chi connectivity index (χ4v) is 2.59. The highest BCUT2D eigenvalue weighted by atomic mass is 35.5. The van der Waals surface area contributed by atoms with Crippen LogP contribution in [-0.4, -0.2) is 10.9 Å². The van der Waals surface area contributed by atoms with Crippen LogP contribution in [0.5, 0.6) is 5.75 Å². The predicted molar refractivity (Wildman–Crippen MR) is 63.3 cm³/mol. The summed E-state index contributed by atoms with van der Waals surface area (Å²) >= 11 is 6.00. The fourth-order valence-electron chi connectivity index (χ4n) is 2.34. The monoisotopic (exact) mass is 232 g/mol. The van der Waals surface area contributed by atoms with E-state index >= 15 is 0 Å². The van der Waals surface area contributed by atoms with Crippen LogP contribution in [-0.2, 0) is 6.42 Å². The molecule has 1 N–H and O–H groups in total. The Labute approximate surface area is 97.5 Å². The van der Waals surface area contributed by atoms with Gasteiger partial charge in [0.05, 0.1) is 5.02 Å². The molecule has 0 unspecified atom stereocenters. The third kappa shape index (κ3) is 1.17. The first-order valence-corrected chi connectivity index (χ1v) is 5.52. The standard InChI is InChI=1S/C13H9ClO2/c14-13-10(16)6-8-3-1-2-7-4-5-9(15)12(13)11(7)8/h1-3,6,16H,4-5H2. The van der Waals surface area contributed by atoms with Crippen LogP contribution in [0.3, 0.4) is 0 Å². The smallest absolute Gasteiger partial charge is 0.165 e.